The maximum absolute atomic E-state index is 12.5. The zero-order chi connectivity index (χ0) is 14.0. The van der Waals surface area contributed by atoms with E-state index in [1.54, 1.807) is 25.2 Å². The molecule has 1 fully saturated rings. The summed E-state index contributed by atoms with van der Waals surface area (Å²) in [5.41, 5.74) is 6.10. The second-order valence-electron chi connectivity index (χ2n) is 5.12. The summed E-state index contributed by atoms with van der Waals surface area (Å²) < 4.78 is 27.2. The van der Waals surface area contributed by atoms with Gasteiger partial charge in [-0.05, 0) is 37.0 Å². The summed E-state index contributed by atoms with van der Waals surface area (Å²) in [6, 6.07) is 4.88. The lowest BCUT2D eigenvalue weighted by Crippen LogP contribution is -2.31. The summed E-state index contributed by atoms with van der Waals surface area (Å²) in [4.78, 5) is 0.191. The van der Waals surface area contributed by atoms with Crippen LogP contribution in [0.2, 0.25) is 0 Å². The van der Waals surface area contributed by atoms with Gasteiger partial charge in [-0.25, -0.2) is 12.7 Å². The van der Waals surface area contributed by atoms with Crippen molar-refractivity contribution in [1.29, 1.82) is 0 Å². The van der Waals surface area contributed by atoms with E-state index in [9.17, 15) is 8.42 Å². The Hall–Kier alpha value is -0.590. The van der Waals surface area contributed by atoms with Crippen LogP contribution in [0.3, 0.4) is 0 Å². The van der Waals surface area contributed by atoms with E-state index >= 15 is 0 Å². The average molecular weight is 347 g/mol. The van der Waals surface area contributed by atoms with E-state index in [2.05, 4.69) is 15.9 Å². The number of hydrogen-bond donors (Lipinski definition) is 1. The molecule has 0 aliphatic heterocycles. The molecule has 106 valence electrons. The van der Waals surface area contributed by atoms with Crippen LogP contribution in [-0.4, -0.2) is 26.3 Å². The molecule has 2 rings (SSSR count). The maximum Gasteiger partial charge on any atom is 0.244 e. The third-order valence-corrected chi connectivity index (χ3v) is 6.04. The molecule has 0 amide bonds. The molecule has 1 aromatic carbocycles. The fourth-order valence-electron chi connectivity index (χ4n) is 2.58. The van der Waals surface area contributed by atoms with Crippen molar-refractivity contribution in [1.82, 2.24) is 4.31 Å². The van der Waals surface area contributed by atoms with Crippen molar-refractivity contribution in [3.05, 3.63) is 22.7 Å². The first-order chi connectivity index (χ1) is 8.91. The molecule has 0 atom stereocenters. The Morgan fingerprint density at radius 2 is 2.00 bits per heavy atom. The summed E-state index contributed by atoms with van der Waals surface area (Å²) >= 11 is 3.28. The lowest BCUT2D eigenvalue weighted by Gasteiger charge is -2.21. The zero-order valence-electron chi connectivity index (χ0n) is 11.0. The molecule has 0 spiro atoms. The van der Waals surface area contributed by atoms with Gasteiger partial charge < -0.3 is 5.73 Å². The molecule has 0 unspecified atom stereocenters. The van der Waals surface area contributed by atoms with Crippen molar-refractivity contribution in [3.8, 4) is 0 Å². The second-order valence-corrected chi connectivity index (χ2v) is 8.05. The highest BCUT2D eigenvalue weighted by Gasteiger charge is 2.26. The van der Waals surface area contributed by atoms with Crippen LogP contribution in [-0.2, 0) is 10.0 Å². The van der Waals surface area contributed by atoms with E-state index < -0.39 is 10.0 Å². The molecule has 1 saturated carbocycles. The molecular formula is C13H19BrN2O2S. The summed E-state index contributed by atoms with van der Waals surface area (Å²) in [6.07, 6.45) is 4.66. The van der Waals surface area contributed by atoms with E-state index in [-0.39, 0.29) is 10.6 Å². The number of nitrogens with zero attached hydrogens (tertiary/aromatic N) is 1. The van der Waals surface area contributed by atoms with Gasteiger partial charge in [0.2, 0.25) is 10.0 Å². The van der Waals surface area contributed by atoms with Gasteiger partial charge in [0.25, 0.3) is 0 Å². The van der Waals surface area contributed by atoms with Crippen molar-refractivity contribution >= 4 is 31.6 Å². The molecule has 19 heavy (non-hydrogen) atoms. The molecule has 0 heterocycles. The molecule has 0 radical (unpaired) electrons. The molecule has 6 heteroatoms. The predicted molar refractivity (Wildman–Crippen MR) is 80.3 cm³/mol. The Bertz CT molecular complexity index is 554. The monoisotopic (exact) mass is 346 g/mol. The maximum atomic E-state index is 12.5. The smallest absolute Gasteiger partial charge is 0.244 e. The molecule has 4 nitrogen and oxygen atoms in total. The largest absolute Gasteiger partial charge is 0.398 e. The van der Waals surface area contributed by atoms with Crippen LogP contribution < -0.4 is 5.73 Å². The van der Waals surface area contributed by atoms with Crippen LogP contribution in [0.4, 0.5) is 5.69 Å². The highest BCUT2D eigenvalue weighted by molar-refractivity contribution is 9.10. The van der Waals surface area contributed by atoms with Crippen molar-refractivity contribution in [2.45, 2.75) is 30.6 Å². The van der Waals surface area contributed by atoms with E-state index in [1.165, 1.54) is 17.1 Å². The van der Waals surface area contributed by atoms with Gasteiger partial charge in [0.1, 0.15) is 4.90 Å². The van der Waals surface area contributed by atoms with Crippen LogP contribution in [0, 0.1) is 5.92 Å². The summed E-state index contributed by atoms with van der Waals surface area (Å²) in [7, 11) is -1.85. The predicted octanol–water partition coefficient (Wildman–Crippen LogP) is 2.84. The standard InChI is InChI=1S/C13H19BrN2O2S/c1-16(9-10-4-2-3-5-10)19(17,18)13-7-6-11(14)8-12(13)15/h6-8,10H,2-5,9,15H2,1H3. The minimum Gasteiger partial charge on any atom is -0.398 e. The van der Waals surface area contributed by atoms with E-state index in [1.807, 2.05) is 0 Å². The summed E-state index contributed by atoms with van der Waals surface area (Å²) in [5, 5.41) is 0. The number of benzene rings is 1. The third kappa shape index (κ3) is 3.30. The summed E-state index contributed by atoms with van der Waals surface area (Å²) in [6.45, 7) is 0.581. The number of rotatable bonds is 4. The molecule has 2 N–H and O–H groups in total. The SMILES string of the molecule is CN(CC1CCCC1)S(=O)(=O)c1ccc(Br)cc1N. The first-order valence-corrected chi connectivity index (χ1v) is 8.66. The van der Waals surface area contributed by atoms with Gasteiger partial charge in [-0.1, -0.05) is 28.8 Å². The number of halogens is 1. The third-order valence-electron chi connectivity index (χ3n) is 3.65. The molecule has 1 aliphatic rings. The first kappa shape index (κ1) is 14.8. The number of nitrogens with two attached hydrogens (primary N) is 1. The van der Waals surface area contributed by atoms with E-state index in [0.717, 1.165) is 17.3 Å². The van der Waals surface area contributed by atoms with Crippen LogP contribution >= 0.6 is 15.9 Å². The van der Waals surface area contributed by atoms with Gasteiger partial charge in [-0.15, -0.1) is 0 Å². The Labute approximate surface area is 123 Å². The van der Waals surface area contributed by atoms with Gasteiger partial charge in [0.15, 0.2) is 0 Å². The normalized spacial score (nSPS) is 17.2. The number of hydrogen-bond acceptors (Lipinski definition) is 3. The minimum absolute atomic E-state index is 0.191. The molecule has 1 aromatic rings. The average Bonchev–Trinajstić information content (AvgIpc) is 2.81. The van der Waals surface area contributed by atoms with Gasteiger partial charge >= 0.3 is 0 Å². The van der Waals surface area contributed by atoms with Crippen LogP contribution in [0.5, 0.6) is 0 Å². The molecule has 0 aromatic heterocycles. The number of sulfonamides is 1. The molecule has 0 saturated heterocycles. The van der Waals surface area contributed by atoms with Crippen LogP contribution in [0.1, 0.15) is 25.7 Å². The zero-order valence-corrected chi connectivity index (χ0v) is 13.4. The molecule has 0 bridgehead atoms. The molecule has 1 aliphatic carbocycles. The van der Waals surface area contributed by atoms with Crippen molar-refractivity contribution in [2.24, 2.45) is 5.92 Å². The number of anilines is 1. The quantitative estimate of drug-likeness (QED) is 0.852. The van der Waals surface area contributed by atoms with Crippen molar-refractivity contribution in [3.63, 3.8) is 0 Å². The molecular weight excluding hydrogens is 328 g/mol. The van der Waals surface area contributed by atoms with Crippen molar-refractivity contribution < 1.29 is 8.42 Å². The van der Waals surface area contributed by atoms with E-state index in [0.29, 0.717) is 12.5 Å². The topological polar surface area (TPSA) is 63.4 Å². The fraction of sp³-hybridized carbons (Fsp3) is 0.538. The Morgan fingerprint density at radius 3 is 2.58 bits per heavy atom. The highest BCUT2D eigenvalue weighted by Crippen LogP contribution is 2.29. The Balaban J connectivity index is 2.20. The van der Waals surface area contributed by atoms with Gasteiger partial charge in [-0.3, -0.25) is 0 Å². The second kappa shape index (κ2) is 5.81. The number of nitrogen functional groups attached to an aromatic ring is 1. The van der Waals surface area contributed by atoms with Crippen LogP contribution in [0.15, 0.2) is 27.6 Å². The Kier molecular flexibility index (Phi) is 4.53. The lowest BCUT2D eigenvalue weighted by molar-refractivity contribution is 0.387. The van der Waals surface area contributed by atoms with Crippen LogP contribution in [0.25, 0.3) is 0 Å². The van der Waals surface area contributed by atoms with E-state index in [4.69, 9.17) is 5.73 Å². The van der Waals surface area contributed by atoms with Gasteiger partial charge in [0.05, 0.1) is 5.69 Å². The van der Waals surface area contributed by atoms with Gasteiger partial charge in [-0.2, -0.15) is 0 Å². The Morgan fingerprint density at radius 1 is 1.37 bits per heavy atom. The fourth-order valence-corrected chi connectivity index (χ4v) is 4.30. The van der Waals surface area contributed by atoms with Crippen molar-refractivity contribution in [2.75, 3.05) is 19.3 Å². The first-order valence-electron chi connectivity index (χ1n) is 6.42. The highest BCUT2D eigenvalue weighted by atomic mass is 79.9. The summed E-state index contributed by atoms with van der Waals surface area (Å²) in [5.74, 6) is 0.483. The minimum atomic E-state index is -3.49. The lowest BCUT2D eigenvalue weighted by atomic mass is 10.1. The van der Waals surface area contributed by atoms with Gasteiger partial charge in [0, 0.05) is 18.1 Å².